The summed E-state index contributed by atoms with van der Waals surface area (Å²) in [6.07, 6.45) is 1.09. The molecule has 0 amide bonds. The van der Waals surface area contributed by atoms with Gasteiger partial charge in [-0.25, -0.2) is 0 Å². The Morgan fingerprint density at radius 2 is 1.88 bits per heavy atom. The predicted molar refractivity (Wildman–Crippen MR) is 102 cm³/mol. The maximum atomic E-state index is 8.78. The lowest BCUT2D eigenvalue weighted by Gasteiger charge is -2.25. The van der Waals surface area contributed by atoms with Gasteiger partial charge in [-0.15, -0.1) is 11.3 Å². The van der Waals surface area contributed by atoms with Gasteiger partial charge in [0, 0.05) is 23.0 Å². The minimum atomic E-state index is -0.0959. The van der Waals surface area contributed by atoms with Gasteiger partial charge in [-0.1, -0.05) is 48.8 Å². The number of aliphatic hydroxyl groups excluding tert-OH is 1. The predicted octanol–water partition coefficient (Wildman–Crippen LogP) is 3.74. The molecule has 0 fully saturated rings. The molecular weight excluding hydrogens is 314 g/mol. The Labute approximate surface area is 149 Å². The molecule has 3 heteroatoms. The fourth-order valence-electron chi connectivity index (χ4n) is 2.25. The van der Waals surface area contributed by atoms with E-state index in [9.17, 15) is 0 Å². The zero-order valence-corrected chi connectivity index (χ0v) is 15.1. The fraction of sp³-hybridized carbons (Fsp3) is 0.333. The van der Waals surface area contributed by atoms with E-state index in [0.717, 1.165) is 30.0 Å². The molecule has 0 aliphatic carbocycles. The number of benzene rings is 1. The SMILES string of the molecule is CCC(C)N(CC#Cc1ccccc1)Cc1ccc(C#CCO)s1. The largest absolute Gasteiger partial charge is 0.384 e. The molecule has 0 aliphatic heterocycles. The summed E-state index contributed by atoms with van der Waals surface area (Å²) in [6.45, 7) is 5.98. The van der Waals surface area contributed by atoms with Gasteiger partial charge in [0.1, 0.15) is 6.61 Å². The summed E-state index contributed by atoms with van der Waals surface area (Å²) in [6, 6.07) is 14.7. The highest BCUT2D eigenvalue weighted by atomic mass is 32.1. The minimum absolute atomic E-state index is 0.0959. The van der Waals surface area contributed by atoms with Gasteiger partial charge in [0.25, 0.3) is 0 Å². The molecule has 124 valence electrons. The number of thiophene rings is 1. The van der Waals surface area contributed by atoms with E-state index in [-0.39, 0.29) is 6.61 Å². The first-order valence-electron chi connectivity index (χ1n) is 8.19. The molecule has 0 bridgehead atoms. The second-order valence-corrected chi connectivity index (χ2v) is 6.72. The quantitative estimate of drug-likeness (QED) is 0.840. The Hall–Kier alpha value is -2.04. The Morgan fingerprint density at radius 1 is 1.08 bits per heavy atom. The third kappa shape index (κ3) is 5.87. The van der Waals surface area contributed by atoms with Crippen molar-refractivity contribution in [3.8, 4) is 23.7 Å². The third-order valence-corrected chi connectivity index (χ3v) is 4.80. The van der Waals surface area contributed by atoms with Crippen LogP contribution >= 0.6 is 11.3 Å². The van der Waals surface area contributed by atoms with E-state index >= 15 is 0 Å². The maximum Gasteiger partial charge on any atom is 0.104 e. The average Bonchev–Trinajstić information content (AvgIpc) is 3.06. The third-order valence-electron chi connectivity index (χ3n) is 3.81. The number of hydrogen-bond acceptors (Lipinski definition) is 3. The van der Waals surface area contributed by atoms with Crippen molar-refractivity contribution < 1.29 is 5.11 Å². The first kappa shape index (κ1) is 18.3. The van der Waals surface area contributed by atoms with E-state index in [2.05, 4.69) is 48.5 Å². The summed E-state index contributed by atoms with van der Waals surface area (Å²) in [5.74, 6) is 12.2. The molecule has 0 spiro atoms. The highest BCUT2D eigenvalue weighted by molar-refractivity contribution is 7.12. The molecule has 2 nitrogen and oxygen atoms in total. The van der Waals surface area contributed by atoms with Gasteiger partial charge in [0.15, 0.2) is 0 Å². The van der Waals surface area contributed by atoms with Gasteiger partial charge in [0.2, 0.25) is 0 Å². The lowest BCUT2D eigenvalue weighted by molar-refractivity contribution is 0.223. The van der Waals surface area contributed by atoms with Crippen LogP contribution in [0.2, 0.25) is 0 Å². The highest BCUT2D eigenvalue weighted by Gasteiger charge is 2.12. The second kappa shape index (κ2) is 9.96. The molecular formula is C21H23NOS. The van der Waals surface area contributed by atoms with Crippen LogP contribution in [0.5, 0.6) is 0 Å². The zero-order chi connectivity index (χ0) is 17.2. The van der Waals surface area contributed by atoms with Gasteiger partial charge in [0.05, 0.1) is 11.4 Å². The summed E-state index contributed by atoms with van der Waals surface area (Å²) in [7, 11) is 0. The van der Waals surface area contributed by atoms with Crippen molar-refractivity contribution in [1.29, 1.82) is 0 Å². The van der Waals surface area contributed by atoms with Crippen molar-refractivity contribution in [2.45, 2.75) is 32.9 Å². The lowest BCUT2D eigenvalue weighted by Crippen LogP contribution is -2.32. The Bertz CT molecular complexity index is 743. The highest BCUT2D eigenvalue weighted by Crippen LogP contribution is 2.19. The molecule has 1 unspecified atom stereocenters. The van der Waals surface area contributed by atoms with Crippen LogP contribution in [0.15, 0.2) is 42.5 Å². The summed E-state index contributed by atoms with van der Waals surface area (Å²) < 4.78 is 0. The molecule has 1 aromatic heterocycles. The monoisotopic (exact) mass is 337 g/mol. The number of hydrogen-bond donors (Lipinski definition) is 1. The molecule has 0 saturated carbocycles. The van der Waals surface area contributed by atoms with Gasteiger partial charge in [-0.3, -0.25) is 4.90 Å². The molecule has 1 N–H and O–H groups in total. The van der Waals surface area contributed by atoms with Crippen LogP contribution in [-0.4, -0.2) is 29.2 Å². The van der Waals surface area contributed by atoms with Crippen LogP contribution in [0.1, 0.15) is 35.6 Å². The number of nitrogens with zero attached hydrogens (tertiary/aromatic N) is 1. The Kier molecular flexibility index (Phi) is 7.59. The van der Waals surface area contributed by atoms with Gasteiger partial charge in [-0.05, 0) is 37.6 Å². The maximum absolute atomic E-state index is 8.78. The van der Waals surface area contributed by atoms with Crippen LogP contribution in [0.3, 0.4) is 0 Å². The van der Waals surface area contributed by atoms with E-state index in [0.29, 0.717) is 6.04 Å². The van der Waals surface area contributed by atoms with Gasteiger partial charge in [-0.2, -0.15) is 0 Å². The molecule has 2 rings (SSSR count). The van der Waals surface area contributed by atoms with Crippen molar-refractivity contribution in [3.63, 3.8) is 0 Å². The minimum Gasteiger partial charge on any atom is -0.384 e. The van der Waals surface area contributed by atoms with Crippen LogP contribution in [0.4, 0.5) is 0 Å². The van der Waals surface area contributed by atoms with Crippen LogP contribution in [0.25, 0.3) is 0 Å². The summed E-state index contributed by atoms with van der Waals surface area (Å²) in [5, 5.41) is 8.78. The smallest absolute Gasteiger partial charge is 0.104 e. The standard InChI is InChI=1S/C21H23NOS/c1-3-18(2)22(15-7-11-19-9-5-4-6-10-19)17-21-14-13-20(24-21)12-8-16-23/h4-6,9-10,13-14,18,23H,3,15-17H2,1-2H3. The van der Waals surface area contributed by atoms with Crippen LogP contribution in [-0.2, 0) is 6.54 Å². The molecule has 0 saturated heterocycles. The molecule has 0 radical (unpaired) electrons. The molecule has 1 heterocycles. The van der Waals surface area contributed by atoms with Crippen LogP contribution in [0, 0.1) is 23.7 Å². The normalized spacial score (nSPS) is 11.3. The van der Waals surface area contributed by atoms with Crippen molar-refractivity contribution >= 4 is 11.3 Å². The van der Waals surface area contributed by atoms with E-state index in [1.165, 1.54) is 4.88 Å². The van der Waals surface area contributed by atoms with E-state index < -0.39 is 0 Å². The first-order chi connectivity index (χ1) is 11.7. The first-order valence-corrected chi connectivity index (χ1v) is 9.01. The van der Waals surface area contributed by atoms with Gasteiger partial charge < -0.3 is 5.11 Å². The average molecular weight is 337 g/mol. The topological polar surface area (TPSA) is 23.5 Å². The van der Waals surface area contributed by atoms with E-state index in [4.69, 9.17) is 5.11 Å². The summed E-state index contributed by atoms with van der Waals surface area (Å²) >= 11 is 1.68. The molecule has 1 atom stereocenters. The molecule has 0 aliphatic rings. The van der Waals surface area contributed by atoms with Crippen molar-refractivity contribution in [2.75, 3.05) is 13.2 Å². The molecule has 1 aromatic carbocycles. The van der Waals surface area contributed by atoms with Gasteiger partial charge >= 0.3 is 0 Å². The molecule has 2 aromatic rings. The van der Waals surface area contributed by atoms with Crippen molar-refractivity contribution in [2.24, 2.45) is 0 Å². The Balaban J connectivity index is 2.03. The number of rotatable bonds is 5. The van der Waals surface area contributed by atoms with Crippen molar-refractivity contribution in [1.82, 2.24) is 4.90 Å². The number of aliphatic hydroxyl groups is 1. The summed E-state index contributed by atoms with van der Waals surface area (Å²) in [4.78, 5) is 4.67. The van der Waals surface area contributed by atoms with E-state index in [1.54, 1.807) is 11.3 Å². The van der Waals surface area contributed by atoms with E-state index in [1.807, 2.05) is 36.4 Å². The Morgan fingerprint density at radius 3 is 2.58 bits per heavy atom. The molecule has 24 heavy (non-hydrogen) atoms. The fourth-order valence-corrected chi connectivity index (χ4v) is 3.16. The second-order valence-electron chi connectivity index (χ2n) is 5.56. The lowest BCUT2D eigenvalue weighted by atomic mass is 10.2. The van der Waals surface area contributed by atoms with Crippen LogP contribution < -0.4 is 0 Å². The summed E-state index contributed by atoms with van der Waals surface area (Å²) in [5.41, 5.74) is 1.05. The van der Waals surface area contributed by atoms with Crippen molar-refractivity contribution in [3.05, 3.63) is 57.8 Å². The zero-order valence-electron chi connectivity index (χ0n) is 14.2.